The highest BCUT2D eigenvalue weighted by atomic mass is 19.4. The average molecular weight is 323 g/mol. The molecule has 0 aromatic carbocycles. The first-order chi connectivity index (χ1) is 10.9. The lowest BCUT2D eigenvalue weighted by molar-refractivity contribution is -0.141. The fraction of sp³-hybridized carbons (Fsp3) is 0.214. The van der Waals surface area contributed by atoms with E-state index in [2.05, 4.69) is 15.4 Å². The predicted molar refractivity (Wildman–Crippen MR) is 73.3 cm³/mol. The molecule has 1 aliphatic heterocycles. The van der Waals surface area contributed by atoms with Crippen LogP contribution in [0.4, 0.5) is 13.2 Å². The van der Waals surface area contributed by atoms with Crippen molar-refractivity contribution in [3.63, 3.8) is 0 Å². The summed E-state index contributed by atoms with van der Waals surface area (Å²) in [6.45, 7) is 0.270. The first-order valence-corrected chi connectivity index (χ1v) is 6.69. The number of rotatable bonds is 3. The van der Waals surface area contributed by atoms with Crippen LogP contribution in [0.25, 0.3) is 0 Å². The molecule has 23 heavy (non-hydrogen) atoms. The minimum absolute atomic E-state index is 0.270. The Balaban J connectivity index is 1.80. The van der Waals surface area contributed by atoms with E-state index in [0.29, 0.717) is 5.56 Å². The van der Waals surface area contributed by atoms with Crippen LogP contribution in [-0.4, -0.2) is 25.6 Å². The average Bonchev–Trinajstić information content (AvgIpc) is 3.03. The lowest BCUT2D eigenvalue weighted by atomic mass is 10.2. The number of nitrogens with one attached hydrogen (secondary N) is 1. The molecular weight excluding hydrogens is 311 g/mol. The molecule has 2 aromatic heterocycles. The van der Waals surface area contributed by atoms with Crippen molar-refractivity contribution in [1.82, 2.24) is 25.0 Å². The molecule has 120 valence electrons. The van der Waals surface area contributed by atoms with Gasteiger partial charge in [-0.15, -0.1) is 0 Å². The van der Waals surface area contributed by atoms with Gasteiger partial charge in [-0.25, -0.2) is 4.68 Å². The Labute approximate surface area is 129 Å². The van der Waals surface area contributed by atoms with Crippen LogP contribution >= 0.6 is 0 Å². The minimum Gasteiger partial charge on any atom is -0.335 e. The number of aromatic nitrogens is 3. The molecule has 0 saturated heterocycles. The second-order valence-corrected chi connectivity index (χ2v) is 4.91. The molecule has 0 aliphatic carbocycles. The maximum absolute atomic E-state index is 12.5. The van der Waals surface area contributed by atoms with E-state index >= 15 is 0 Å². The highest BCUT2D eigenvalue weighted by molar-refractivity contribution is 5.88. The fourth-order valence-electron chi connectivity index (χ4n) is 2.18. The third kappa shape index (κ3) is 3.33. The maximum atomic E-state index is 12.5. The van der Waals surface area contributed by atoms with E-state index in [1.54, 1.807) is 34.2 Å². The molecule has 1 unspecified atom stereocenters. The van der Waals surface area contributed by atoms with Gasteiger partial charge in [0.1, 0.15) is 5.69 Å². The van der Waals surface area contributed by atoms with Crippen molar-refractivity contribution in [1.29, 1.82) is 0 Å². The number of alkyl halides is 3. The third-order valence-corrected chi connectivity index (χ3v) is 3.26. The van der Waals surface area contributed by atoms with Crippen LogP contribution in [0.2, 0.25) is 0 Å². The van der Waals surface area contributed by atoms with E-state index in [1.807, 2.05) is 0 Å². The van der Waals surface area contributed by atoms with Gasteiger partial charge in [-0.1, -0.05) is 6.07 Å². The predicted octanol–water partition coefficient (Wildman–Crippen LogP) is 1.90. The standard InChI is InChI=1S/C14H12F3N5O/c15-14(16,17)11-3-2-10(8-18-11)9-21-7-4-12(23)20-13(21)22-6-1-5-19-22/h1-8,13H,9H2,(H,20,23). The molecular formula is C14H12F3N5O. The van der Waals surface area contributed by atoms with Crippen molar-refractivity contribution in [2.75, 3.05) is 0 Å². The van der Waals surface area contributed by atoms with E-state index in [9.17, 15) is 18.0 Å². The molecule has 0 saturated carbocycles. The van der Waals surface area contributed by atoms with E-state index in [4.69, 9.17) is 0 Å². The molecule has 2 aromatic rings. The molecule has 1 amide bonds. The van der Waals surface area contributed by atoms with Crippen molar-refractivity contribution in [3.05, 3.63) is 60.3 Å². The number of hydrogen-bond donors (Lipinski definition) is 1. The lowest BCUT2D eigenvalue weighted by Gasteiger charge is -2.33. The number of pyridine rings is 1. The van der Waals surface area contributed by atoms with E-state index in [1.165, 1.54) is 18.3 Å². The molecule has 3 rings (SSSR count). The summed E-state index contributed by atoms with van der Waals surface area (Å²) in [7, 11) is 0. The highest BCUT2D eigenvalue weighted by Gasteiger charge is 2.32. The summed E-state index contributed by atoms with van der Waals surface area (Å²) in [4.78, 5) is 16.7. The first kappa shape index (κ1) is 15.1. The smallest absolute Gasteiger partial charge is 0.335 e. The van der Waals surface area contributed by atoms with Crippen LogP contribution in [0.15, 0.2) is 49.1 Å². The Kier molecular flexibility index (Phi) is 3.77. The molecule has 9 heteroatoms. The molecule has 1 atom stereocenters. The van der Waals surface area contributed by atoms with Gasteiger partial charge in [0.05, 0.1) is 0 Å². The molecule has 0 radical (unpaired) electrons. The number of halogens is 3. The Bertz CT molecular complexity index is 709. The van der Waals surface area contributed by atoms with Gasteiger partial charge in [0.2, 0.25) is 12.2 Å². The first-order valence-electron chi connectivity index (χ1n) is 6.69. The SMILES string of the molecule is O=C1C=CN(Cc2ccc(C(F)(F)F)nc2)C(n2cccn2)N1. The maximum Gasteiger partial charge on any atom is 0.433 e. The number of carbonyl (C=O) groups is 1. The van der Waals surface area contributed by atoms with Gasteiger partial charge in [0, 0.05) is 37.4 Å². The molecule has 3 heterocycles. The summed E-state index contributed by atoms with van der Waals surface area (Å²) in [5, 5.41) is 6.80. The Hall–Kier alpha value is -2.84. The van der Waals surface area contributed by atoms with Crippen LogP contribution in [0.5, 0.6) is 0 Å². The Morgan fingerprint density at radius 2 is 2.13 bits per heavy atom. The van der Waals surface area contributed by atoms with Crippen molar-refractivity contribution in [3.8, 4) is 0 Å². The third-order valence-electron chi connectivity index (χ3n) is 3.26. The monoisotopic (exact) mass is 323 g/mol. The van der Waals surface area contributed by atoms with Crippen LogP contribution in [0, 0.1) is 0 Å². The van der Waals surface area contributed by atoms with Crippen LogP contribution in [0.1, 0.15) is 17.5 Å². The molecule has 0 fully saturated rings. The summed E-state index contributed by atoms with van der Waals surface area (Å²) in [6.07, 6.45) is 2.33. The van der Waals surface area contributed by atoms with Gasteiger partial charge in [-0.3, -0.25) is 9.78 Å². The van der Waals surface area contributed by atoms with Crippen LogP contribution < -0.4 is 5.32 Å². The quantitative estimate of drug-likeness (QED) is 0.937. The summed E-state index contributed by atoms with van der Waals surface area (Å²) >= 11 is 0. The Morgan fingerprint density at radius 3 is 2.74 bits per heavy atom. The Morgan fingerprint density at radius 1 is 1.30 bits per heavy atom. The van der Waals surface area contributed by atoms with Crippen LogP contribution in [0.3, 0.4) is 0 Å². The summed E-state index contributed by atoms with van der Waals surface area (Å²) in [6, 6.07) is 4.01. The molecule has 0 spiro atoms. The van der Waals surface area contributed by atoms with Gasteiger partial charge >= 0.3 is 6.18 Å². The van der Waals surface area contributed by atoms with Gasteiger partial charge in [-0.2, -0.15) is 18.3 Å². The summed E-state index contributed by atoms with van der Waals surface area (Å²) in [5.74, 6) is -0.271. The molecule has 1 aliphatic rings. The summed E-state index contributed by atoms with van der Waals surface area (Å²) < 4.78 is 39.1. The van der Waals surface area contributed by atoms with Gasteiger partial charge in [0.25, 0.3) is 0 Å². The largest absolute Gasteiger partial charge is 0.433 e. The number of amides is 1. The fourth-order valence-corrected chi connectivity index (χ4v) is 2.18. The van der Waals surface area contributed by atoms with Crippen molar-refractivity contribution in [2.45, 2.75) is 19.0 Å². The molecule has 6 nitrogen and oxygen atoms in total. The normalized spacial score (nSPS) is 18.1. The number of nitrogens with zero attached hydrogens (tertiary/aromatic N) is 4. The number of hydrogen-bond acceptors (Lipinski definition) is 4. The van der Waals surface area contributed by atoms with E-state index < -0.39 is 18.2 Å². The number of carbonyl (C=O) groups excluding carboxylic acids is 1. The lowest BCUT2D eigenvalue weighted by Crippen LogP contribution is -2.44. The van der Waals surface area contributed by atoms with Crippen molar-refractivity contribution >= 4 is 5.91 Å². The second-order valence-electron chi connectivity index (χ2n) is 4.91. The second kappa shape index (κ2) is 5.75. The van der Waals surface area contributed by atoms with Gasteiger partial charge < -0.3 is 10.2 Å². The topological polar surface area (TPSA) is 63.1 Å². The van der Waals surface area contributed by atoms with Crippen molar-refractivity contribution in [2.24, 2.45) is 0 Å². The zero-order valence-corrected chi connectivity index (χ0v) is 11.7. The van der Waals surface area contributed by atoms with E-state index in [0.717, 1.165) is 6.07 Å². The summed E-state index contributed by atoms with van der Waals surface area (Å²) in [5.41, 5.74) is -0.358. The van der Waals surface area contributed by atoms with Crippen molar-refractivity contribution < 1.29 is 18.0 Å². The van der Waals surface area contributed by atoms with E-state index in [-0.39, 0.29) is 12.5 Å². The molecule has 1 N–H and O–H groups in total. The minimum atomic E-state index is -4.46. The zero-order chi connectivity index (χ0) is 16.4. The van der Waals surface area contributed by atoms with Gasteiger partial charge in [-0.05, 0) is 17.7 Å². The van der Waals surface area contributed by atoms with Crippen LogP contribution in [-0.2, 0) is 17.5 Å². The highest BCUT2D eigenvalue weighted by Crippen LogP contribution is 2.27. The van der Waals surface area contributed by atoms with Gasteiger partial charge in [0.15, 0.2) is 0 Å². The zero-order valence-electron chi connectivity index (χ0n) is 11.7. The molecule has 0 bridgehead atoms.